The third-order valence-electron chi connectivity index (χ3n) is 1.48. The fourth-order valence-electron chi connectivity index (χ4n) is 0.860. The van der Waals surface area contributed by atoms with E-state index in [1.807, 2.05) is 0 Å². The van der Waals surface area contributed by atoms with Gasteiger partial charge in [-0.2, -0.15) is 0 Å². The molecule has 1 aromatic carbocycles. The molecule has 1 aromatic rings. The van der Waals surface area contributed by atoms with Crippen LogP contribution in [0.4, 0.5) is 4.39 Å². The maximum Gasteiger partial charge on any atom is 0.335 e. The predicted molar refractivity (Wildman–Crippen MR) is 51.7 cm³/mol. The number of rotatable bonds is 3. The van der Waals surface area contributed by atoms with E-state index in [-0.39, 0.29) is 5.82 Å². The van der Waals surface area contributed by atoms with Crippen LogP contribution in [0.2, 0.25) is 0 Å². The van der Waals surface area contributed by atoms with Gasteiger partial charge in [0.2, 0.25) is 0 Å². The van der Waals surface area contributed by atoms with E-state index in [0.29, 0.717) is 0 Å². The molecular formula is C11H9FO2. The Morgan fingerprint density at radius 1 is 1.36 bits per heavy atom. The van der Waals surface area contributed by atoms with Crippen molar-refractivity contribution < 1.29 is 13.9 Å². The quantitative estimate of drug-likeness (QED) is 0.418. The van der Waals surface area contributed by atoms with Gasteiger partial charge >= 0.3 is 5.97 Å². The van der Waals surface area contributed by atoms with Crippen LogP contribution in [0.15, 0.2) is 43.2 Å². The molecule has 1 rings (SSSR count). The maximum absolute atomic E-state index is 12.5. The number of carbonyl (C=O) groups excluding carboxylic acids is 1. The monoisotopic (exact) mass is 192 g/mol. The largest absolute Gasteiger partial charge is 0.432 e. The molecule has 0 aromatic heterocycles. The van der Waals surface area contributed by atoms with Gasteiger partial charge in [-0.1, -0.05) is 18.7 Å². The van der Waals surface area contributed by atoms with Crippen LogP contribution in [0, 0.1) is 5.82 Å². The van der Waals surface area contributed by atoms with E-state index in [0.717, 1.165) is 11.8 Å². The van der Waals surface area contributed by atoms with Gasteiger partial charge in [0.05, 0.1) is 6.26 Å². The number of esters is 1. The first kappa shape index (κ1) is 10.2. The van der Waals surface area contributed by atoms with Crippen LogP contribution < -0.4 is 0 Å². The molecule has 2 nitrogen and oxygen atoms in total. The Kier molecular flexibility index (Phi) is 3.61. The summed E-state index contributed by atoms with van der Waals surface area (Å²) >= 11 is 0. The van der Waals surface area contributed by atoms with Crippen LogP contribution in [0.3, 0.4) is 0 Å². The average Bonchev–Trinajstić information content (AvgIpc) is 2.17. The summed E-state index contributed by atoms with van der Waals surface area (Å²) in [5.74, 6) is -0.819. The first-order valence-corrected chi connectivity index (χ1v) is 3.97. The second-order valence-corrected chi connectivity index (χ2v) is 2.49. The van der Waals surface area contributed by atoms with E-state index < -0.39 is 5.97 Å². The summed E-state index contributed by atoms with van der Waals surface area (Å²) in [6.07, 6.45) is 3.83. The van der Waals surface area contributed by atoms with Crippen LogP contribution in [0.1, 0.15) is 5.56 Å². The Bertz CT molecular complexity index is 352. The lowest BCUT2D eigenvalue weighted by atomic mass is 10.2. The highest BCUT2D eigenvalue weighted by atomic mass is 19.1. The molecule has 0 spiro atoms. The Morgan fingerprint density at radius 2 is 2.00 bits per heavy atom. The molecule has 0 aliphatic heterocycles. The van der Waals surface area contributed by atoms with Gasteiger partial charge in [0.1, 0.15) is 5.82 Å². The first-order chi connectivity index (χ1) is 6.72. The molecule has 0 bridgehead atoms. The zero-order chi connectivity index (χ0) is 10.4. The molecule has 0 aliphatic carbocycles. The number of ether oxygens (including phenoxy) is 1. The number of hydrogen-bond acceptors (Lipinski definition) is 2. The van der Waals surface area contributed by atoms with Crippen molar-refractivity contribution in [3.05, 3.63) is 54.6 Å². The summed E-state index contributed by atoms with van der Waals surface area (Å²) < 4.78 is 16.9. The summed E-state index contributed by atoms with van der Waals surface area (Å²) in [6, 6.07) is 5.76. The van der Waals surface area contributed by atoms with Crippen molar-refractivity contribution in [2.45, 2.75) is 0 Å². The zero-order valence-electron chi connectivity index (χ0n) is 7.44. The van der Waals surface area contributed by atoms with E-state index >= 15 is 0 Å². The van der Waals surface area contributed by atoms with Gasteiger partial charge in [-0.25, -0.2) is 9.18 Å². The van der Waals surface area contributed by atoms with E-state index in [2.05, 4.69) is 11.3 Å². The highest BCUT2D eigenvalue weighted by Crippen LogP contribution is 2.04. The molecule has 0 radical (unpaired) electrons. The van der Waals surface area contributed by atoms with E-state index in [1.54, 1.807) is 12.1 Å². The number of halogens is 1. The molecule has 3 heteroatoms. The van der Waals surface area contributed by atoms with E-state index in [9.17, 15) is 9.18 Å². The minimum Gasteiger partial charge on any atom is -0.432 e. The predicted octanol–water partition coefficient (Wildman–Crippen LogP) is 2.53. The normalized spacial score (nSPS) is 10.1. The van der Waals surface area contributed by atoms with E-state index in [1.165, 1.54) is 24.3 Å². The maximum atomic E-state index is 12.5. The molecule has 0 fully saturated rings. The van der Waals surface area contributed by atoms with Gasteiger partial charge in [-0.15, -0.1) is 0 Å². The molecule has 0 N–H and O–H groups in total. The Hall–Kier alpha value is -1.90. The molecule has 0 aliphatic rings. The summed E-state index contributed by atoms with van der Waals surface area (Å²) in [5, 5.41) is 0. The van der Waals surface area contributed by atoms with Gasteiger partial charge in [0.15, 0.2) is 0 Å². The van der Waals surface area contributed by atoms with Crippen LogP contribution in [0.25, 0.3) is 6.08 Å². The average molecular weight is 192 g/mol. The smallest absolute Gasteiger partial charge is 0.335 e. The number of carbonyl (C=O) groups is 1. The van der Waals surface area contributed by atoms with Gasteiger partial charge in [0.25, 0.3) is 0 Å². The fraction of sp³-hybridized carbons (Fsp3) is 0. The second kappa shape index (κ2) is 4.97. The lowest BCUT2D eigenvalue weighted by molar-refractivity contribution is -0.132. The topological polar surface area (TPSA) is 26.3 Å². The Balaban J connectivity index is 2.64. The lowest BCUT2D eigenvalue weighted by Gasteiger charge is -1.93. The Morgan fingerprint density at radius 3 is 2.57 bits per heavy atom. The molecule has 0 unspecified atom stereocenters. The summed E-state index contributed by atoms with van der Waals surface area (Å²) in [4.78, 5) is 10.8. The second-order valence-electron chi connectivity index (χ2n) is 2.49. The van der Waals surface area contributed by atoms with Crippen molar-refractivity contribution in [2.75, 3.05) is 0 Å². The van der Waals surface area contributed by atoms with Crippen LogP contribution in [-0.4, -0.2) is 5.97 Å². The molecule has 0 atom stereocenters. The molecule has 0 saturated heterocycles. The van der Waals surface area contributed by atoms with Crippen molar-refractivity contribution in [3.8, 4) is 0 Å². The van der Waals surface area contributed by atoms with Crippen molar-refractivity contribution >= 4 is 12.0 Å². The molecule has 0 heterocycles. The van der Waals surface area contributed by atoms with Gasteiger partial charge in [-0.3, -0.25) is 0 Å². The minimum atomic E-state index is -0.510. The summed E-state index contributed by atoms with van der Waals surface area (Å²) in [6.45, 7) is 3.24. The molecule has 14 heavy (non-hydrogen) atoms. The summed E-state index contributed by atoms with van der Waals surface area (Å²) in [7, 11) is 0. The standard InChI is InChI=1S/C11H9FO2/c1-2-14-11(13)8-5-9-3-6-10(12)7-4-9/h2-8H,1H2. The number of hydrogen-bond donors (Lipinski definition) is 0. The Labute approximate surface area is 81.3 Å². The van der Waals surface area contributed by atoms with Gasteiger partial charge < -0.3 is 4.74 Å². The van der Waals surface area contributed by atoms with Crippen LogP contribution >= 0.6 is 0 Å². The molecule has 72 valence electrons. The first-order valence-electron chi connectivity index (χ1n) is 3.97. The SMILES string of the molecule is C=COC(=O)C=Cc1ccc(F)cc1. The van der Waals surface area contributed by atoms with Crippen molar-refractivity contribution in [3.63, 3.8) is 0 Å². The highest BCUT2D eigenvalue weighted by molar-refractivity contribution is 5.87. The molecule has 0 amide bonds. The van der Waals surface area contributed by atoms with Crippen molar-refractivity contribution in [1.29, 1.82) is 0 Å². The van der Waals surface area contributed by atoms with Crippen LogP contribution in [0.5, 0.6) is 0 Å². The number of benzene rings is 1. The molecular weight excluding hydrogens is 183 g/mol. The molecule has 0 saturated carbocycles. The van der Waals surface area contributed by atoms with Gasteiger partial charge in [0, 0.05) is 6.08 Å². The van der Waals surface area contributed by atoms with E-state index in [4.69, 9.17) is 0 Å². The lowest BCUT2D eigenvalue weighted by Crippen LogP contribution is -1.92. The van der Waals surface area contributed by atoms with Crippen molar-refractivity contribution in [2.24, 2.45) is 0 Å². The van der Waals surface area contributed by atoms with Crippen molar-refractivity contribution in [1.82, 2.24) is 0 Å². The third-order valence-corrected chi connectivity index (χ3v) is 1.48. The van der Waals surface area contributed by atoms with Gasteiger partial charge in [-0.05, 0) is 23.8 Å². The zero-order valence-corrected chi connectivity index (χ0v) is 7.44. The minimum absolute atomic E-state index is 0.309. The highest BCUT2D eigenvalue weighted by Gasteiger charge is 1.93. The fourth-order valence-corrected chi connectivity index (χ4v) is 0.860. The third kappa shape index (κ3) is 3.23. The van der Waals surface area contributed by atoms with Crippen LogP contribution in [-0.2, 0) is 9.53 Å². The summed E-state index contributed by atoms with van der Waals surface area (Å²) in [5.41, 5.74) is 0.729.